The van der Waals surface area contributed by atoms with Crippen molar-refractivity contribution in [3.05, 3.63) is 87.1 Å². The number of rotatable bonds is 7. The van der Waals surface area contributed by atoms with Crippen molar-refractivity contribution in [2.75, 3.05) is 19.6 Å². The largest absolute Gasteiger partial charge is 0.330 e. The second-order valence-electron chi connectivity index (χ2n) is 7.74. The molecule has 168 valence electrons. The first kappa shape index (κ1) is 23.0. The van der Waals surface area contributed by atoms with Crippen LogP contribution in [0.25, 0.3) is 0 Å². The summed E-state index contributed by atoms with van der Waals surface area (Å²) in [6.45, 7) is 2.54. The highest BCUT2D eigenvalue weighted by Crippen LogP contribution is 2.38. The molecule has 0 bridgehead atoms. The van der Waals surface area contributed by atoms with Crippen LogP contribution in [0, 0.1) is 0 Å². The van der Waals surface area contributed by atoms with Gasteiger partial charge in [-0.1, -0.05) is 48.9 Å². The minimum absolute atomic E-state index is 0.140. The van der Waals surface area contributed by atoms with Crippen LogP contribution in [0.4, 0.5) is 0 Å². The smallest absolute Gasteiger partial charge is 0.243 e. The first-order chi connectivity index (χ1) is 15.4. The van der Waals surface area contributed by atoms with Crippen molar-refractivity contribution in [2.24, 2.45) is 0 Å². The molecule has 2 aromatic carbocycles. The van der Waals surface area contributed by atoms with E-state index in [0.29, 0.717) is 18.0 Å². The quantitative estimate of drug-likeness (QED) is 0.471. The van der Waals surface area contributed by atoms with Crippen LogP contribution in [0.1, 0.15) is 35.4 Å². The monoisotopic (exact) mass is 488 g/mol. The predicted molar refractivity (Wildman–Crippen MR) is 129 cm³/mol. The SMILES string of the molecule is CCCN(CC(=O)N1CCc2sccc2C1c1ccccc1)S(=O)(=O)c1ccc(Cl)cc1. The predicted octanol–water partition coefficient (Wildman–Crippen LogP) is 4.98. The Hall–Kier alpha value is -2.19. The molecule has 4 rings (SSSR count). The molecule has 0 radical (unpaired) electrons. The maximum Gasteiger partial charge on any atom is 0.243 e. The molecule has 3 aromatic rings. The van der Waals surface area contributed by atoms with E-state index in [1.165, 1.54) is 21.3 Å². The van der Waals surface area contributed by atoms with Gasteiger partial charge in [0, 0.05) is 23.0 Å². The minimum Gasteiger partial charge on any atom is -0.330 e. The molecular weight excluding hydrogens is 464 g/mol. The lowest BCUT2D eigenvalue weighted by molar-refractivity contribution is -0.133. The van der Waals surface area contributed by atoms with Gasteiger partial charge in [-0.3, -0.25) is 4.79 Å². The fourth-order valence-corrected chi connectivity index (χ4v) is 6.62. The van der Waals surface area contributed by atoms with Crippen molar-refractivity contribution < 1.29 is 13.2 Å². The van der Waals surface area contributed by atoms with E-state index in [0.717, 1.165) is 17.5 Å². The fourth-order valence-electron chi connectivity index (χ4n) is 4.11. The van der Waals surface area contributed by atoms with Gasteiger partial charge in [-0.25, -0.2) is 8.42 Å². The summed E-state index contributed by atoms with van der Waals surface area (Å²) in [5.74, 6) is -0.193. The zero-order valence-corrected chi connectivity index (χ0v) is 20.2. The van der Waals surface area contributed by atoms with Gasteiger partial charge in [0.15, 0.2) is 0 Å². The number of carbonyl (C=O) groups is 1. The van der Waals surface area contributed by atoms with Gasteiger partial charge in [0.1, 0.15) is 0 Å². The van der Waals surface area contributed by atoms with E-state index >= 15 is 0 Å². The molecule has 8 heteroatoms. The van der Waals surface area contributed by atoms with Gasteiger partial charge in [0.05, 0.1) is 17.5 Å². The number of halogens is 1. The molecule has 1 amide bonds. The molecule has 5 nitrogen and oxygen atoms in total. The lowest BCUT2D eigenvalue weighted by atomic mass is 9.93. The van der Waals surface area contributed by atoms with Gasteiger partial charge in [0.2, 0.25) is 15.9 Å². The minimum atomic E-state index is -3.82. The number of hydrogen-bond acceptors (Lipinski definition) is 4. The Balaban J connectivity index is 1.64. The van der Waals surface area contributed by atoms with Crippen LogP contribution in [0.5, 0.6) is 0 Å². The highest BCUT2D eigenvalue weighted by molar-refractivity contribution is 7.89. The van der Waals surface area contributed by atoms with Crippen LogP contribution in [0.2, 0.25) is 5.02 Å². The third kappa shape index (κ3) is 4.62. The third-order valence-electron chi connectivity index (χ3n) is 5.64. The highest BCUT2D eigenvalue weighted by atomic mass is 35.5. The highest BCUT2D eigenvalue weighted by Gasteiger charge is 2.35. The second-order valence-corrected chi connectivity index (χ2v) is 11.1. The number of fused-ring (bicyclic) bond motifs is 1. The zero-order chi connectivity index (χ0) is 22.7. The van der Waals surface area contributed by atoms with E-state index in [1.807, 2.05) is 42.2 Å². The summed E-state index contributed by atoms with van der Waals surface area (Å²) in [7, 11) is -3.82. The summed E-state index contributed by atoms with van der Waals surface area (Å²) < 4.78 is 27.8. The van der Waals surface area contributed by atoms with Crippen LogP contribution in [-0.2, 0) is 21.2 Å². The average Bonchev–Trinajstić information content (AvgIpc) is 3.28. The molecule has 1 aliphatic rings. The Morgan fingerprint density at radius 1 is 1.12 bits per heavy atom. The van der Waals surface area contributed by atoms with E-state index in [4.69, 9.17) is 11.6 Å². The molecule has 32 heavy (non-hydrogen) atoms. The zero-order valence-electron chi connectivity index (χ0n) is 17.8. The Labute approximate surface area is 198 Å². The molecular formula is C24H25ClN2O3S2. The van der Waals surface area contributed by atoms with Crippen molar-refractivity contribution in [1.29, 1.82) is 0 Å². The summed E-state index contributed by atoms with van der Waals surface area (Å²) in [6.07, 6.45) is 1.39. The number of benzene rings is 2. The Morgan fingerprint density at radius 3 is 2.53 bits per heavy atom. The first-order valence-corrected chi connectivity index (χ1v) is 13.3. The van der Waals surface area contributed by atoms with E-state index in [2.05, 4.69) is 11.4 Å². The molecule has 2 heterocycles. The molecule has 1 aromatic heterocycles. The maximum atomic E-state index is 13.5. The Kier molecular flexibility index (Phi) is 7.00. The number of hydrogen-bond donors (Lipinski definition) is 0. The van der Waals surface area contributed by atoms with Crippen molar-refractivity contribution in [1.82, 2.24) is 9.21 Å². The van der Waals surface area contributed by atoms with Crippen LogP contribution in [0.15, 0.2) is 70.9 Å². The van der Waals surface area contributed by atoms with Gasteiger partial charge in [0.25, 0.3) is 0 Å². The second kappa shape index (κ2) is 9.75. The van der Waals surface area contributed by atoms with E-state index in [1.54, 1.807) is 23.5 Å². The Bertz CT molecular complexity index is 1180. The van der Waals surface area contributed by atoms with Crippen LogP contribution >= 0.6 is 22.9 Å². The molecule has 0 saturated heterocycles. The molecule has 0 aliphatic carbocycles. The molecule has 1 aliphatic heterocycles. The van der Waals surface area contributed by atoms with Crippen molar-refractivity contribution >= 4 is 38.9 Å². The number of sulfonamides is 1. The maximum absolute atomic E-state index is 13.5. The number of amides is 1. The first-order valence-electron chi connectivity index (χ1n) is 10.6. The lowest BCUT2D eigenvalue weighted by Gasteiger charge is -2.37. The molecule has 0 N–H and O–H groups in total. The van der Waals surface area contributed by atoms with Crippen molar-refractivity contribution in [3.8, 4) is 0 Å². The summed E-state index contributed by atoms with van der Waals surface area (Å²) >= 11 is 7.63. The van der Waals surface area contributed by atoms with Gasteiger partial charge >= 0.3 is 0 Å². The van der Waals surface area contributed by atoms with Gasteiger partial charge in [-0.2, -0.15) is 4.31 Å². The van der Waals surface area contributed by atoms with Gasteiger partial charge in [-0.15, -0.1) is 11.3 Å². The van der Waals surface area contributed by atoms with E-state index in [9.17, 15) is 13.2 Å². The summed E-state index contributed by atoms with van der Waals surface area (Å²) in [4.78, 5) is 16.8. The number of thiophene rings is 1. The average molecular weight is 489 g/mol. The van der Waals surface area contributed by atoms with E-state index in [-0.39, 0.29) is 29.9 Å². The summed E-state index contributed by atoms with van der Waals surface area (Å²) in [5, 5.41) is 2.52. The standard InChI is InChI=1S/C24H25ClN2O3S2/c1-2-14-26(32(29,30)20-10-8-19(25)9-11-20)17-23(28)27-15-12-22-21(13-16-31-22)24(27)18-6-4-3-5-7-18/h3-11,13,16,24H,2,12,14-15,17H2,1H3. The molecule has 0 fully saturated rings. The number of nitrogens with zero attached hydrogens (tertiary/aromatic N) is 2. The van der Waals surface area contributed by atoms with E-state index < -0.39 is 10.0 Å². The number of carbonyl (C=O) groups excluding carboxylic acids is 1. The molecule has 0 spiro atoms. The Morgan fingerprint density at radius 2 is 1.84 bits per heavy atom. The van der Waals surface area contributed by atoms with Gasteiger partial charge < -0.3 is 4.90 Å². The fraction of sp³-hybridized carbons (Fsp3) is 0.292. The van der Waals surface area contributed by atoms with Crippen molar-refractivity contribution in [3.63, 3.8) is 0 Å². The van der Waals surface area contributed by atoms with Crippen LogP contribution in [-0.4, -0.2) is 43.2 Å². The van der Waals surface area contributed by atoms with Crippen molar-refractivity contribution in [2.45, 2.75) is 30.7 Å². The third-order valence-corrected chi connectivity index (χ3v) is 8.75. The molecule has 1 atom stereocenters. The molecule has 1 unspecified atom stereocenters. The summed E-state index contributed by atoms with van der Waals surface area (Å²) in [6, 6.07) is 17.9. The topological polar surface area (TPSA) is 57.7 Å². The van der Waals surface area contributed by atoms with Gasteiger partial charge in [-0.05, 0) is 59.7 Å². The molecule has 0 saturated carbocycles. The van der Waals surface area contributed by atoms with Crippen LogP contribution < -0.4 is 0 Å². The summed E-state index contributed by atoms with van der Waals surface area (Å²) in [5.41, 5.74) is 2.16. The normalized spacial score (nSPS) is 16.2. The van der Waals surface area contributed by atoms with Crippen LogP contribution in [0.3, 0.4) is 0 Å². The lowest BCUT2D eigenvalue weighted by Crippen LogP contribution is -2.46.